The van der Waals surface area contributed by atoms with E-state index in [4.69, 9.17) is 11.6 Å². The molecule has 4 heteroatoms. The van der Waals surface area contributed by atoms with E-state index in [1.54, 1.807) is 0 Å². The van der Waals surface area contributed by atoms with Crippen LogP contribution in [0.5, 0.6) is 5.75 Å². The zero-order valence-electron chi connectivity index (χ0n) is 5.70. The molecule has 0 atom stereocenters. The van der Waals surface area contributed by atoms with Gasteiger partial charge in [0.25, 0.3) is 0 Å². The van der Waals surface area contributed by atoms with Crippen LogP contribution in [0.1, 0.15) is 0 Å². The molecule has 0 saturated heterocycles. The van der Waals surface area contributed by atoms with Crippen LogP contribution < -0.4 is 4.74 Å². The Morgan fingerprint density at radius 2 is 1.73 bits per heavy atom. The monoisotopic (exact) mass is 178 g/mol. The van der Waals surface area contributed by atoms with Gasteiger partial charge in [-0.15, -0.1) is 0 Å². The summed E-state index contributed by atoms with van der Waals surface area (Å²) < 4.78 is 29.7. The molecular weight excluding hydrogens is 174 g/mol. The Morgan fingerprint density at radius 3 is 2.09 bits per heavy atom. The SMILES string of the molecule is COc1c(F)cc(Cl)cc1F. The fourth-order valence-electron chi connectivity index (χ4n) is 0.724. The van der Waals surface area contributed by atoms with Crippen LogP contribution in [0.4, 0.5) is 8.78 Å². The first kappa shape index (κ1) is 8.27. The van der Waals surface area contributed by atoms with E-state index in [2.05, 4.69) is 4.74 Å². The maximum atomic E-state index is 12.7. The van der Waals surface area contributed by atoms with Crippen LogP contribution in [-0.4, -0.2) is 7.11 Å². The third-order valence-electron chi connectivity index (χ3n) is 1.17. The maximum absolute atomic E-state index is 12.7. The van der Waals surface area contributed by atoms with E-state index in [0.29, 0.717) is 0 Å². The molecule has 1 nitrogen and oxygen atoms in total. The van der Waals surface area contributed by atoms with Crippen molar-refractivity contribution in [1.82, 2.24) is 0 Å². The molecule has 0 spiro atoms. The summed E-state index contributed by atoms with van der Waals surface area (Å²) in [7, 11) is 1.19. The van der Waals surface area contributed by atoms with Crippen LogP contribution in [0.15, 0.2) is 12.1 Å². The normalized spacial score (nSPS) is 9.82. The van der Waals surface area contributed by atoms with E-state index < -0.39 is 17.4 Å². The van der Waals surface area contributed by atoms with Crippen molar-refractivity contribution in [3.05, 3.63) is 28.8 Å². The first-order chi connectivity index (χ1) is 5.15. The Labute approximate surface area is 67.5 Å². The molecule has 11 heavy (non-hydrogen) atoms. The van der Waals surface area contributed by atoms with E-state index in [1.807, 2.05) is 0 Å². The Hall–Kier alpha value is -0.830. The lowest BCUT2D eigenvalue weighted by molar-refractivity contribution is 0.360. The first-order valence-corrected chi connectivity index (χ1v) is 3.21. The van der Waals surface area contributed by atoms with Gasteiger partial charge in [-0.2, -0.15) is 0 Å². The molecule has 0 N–H and O–H groups in total. The maximum Gasteiger partial charge on any atom is 0.190 e. The van der Waals surface area contributed by atoms with Crippen molar-refractivity contribution >= 4 is 11.6 Å². The molecule has 0 amide bonds. The lowest BCUT2D eigenvalue weighted by Gasteiger charge is -2.02. The summed E-state index contributed by atoms with van der Waals surface area (Å²) in [4.78, 5) is 0. The fourth-order valence-corrected chi connectivity index (χ4v) is 0.916. The highest BCUT2D eigenvalue weighted by Gasteiger charge is 2.09. The van der Waals surface area contributed by atoms with Gasteiger partial charge < -0.3 is 4.74 Å². The van der Waals surface area contributed by atoms with E-state index in [0.717, 1.165) is 12.1 Å². The number of rotatable bonds is 1. The average Bonchev–Trinajstić information content (AvgIpc) is 1.85. The second-order valence-electron chi connectivity index (χ2n) is 1.90. The van der Waals surface area contributed by atoms with Crippen molar-refractivity contribution in [2.45, 2.75) is 0 Å². The van der Waals surface area contributed by atoms with Gasteiger partial charge in [-0.3, -0.25) is 0 Å². The van der Waals surface area contributed by atoms with Gasteiger partial charge in [-0.25, -0.2) is 8.78 Å². The minimum Gasteiger partial charge on any atom is -0.491 e. The van der Waals surface area contributed by atoms with E-state index in [1.165, 1.54) is 7.11 Å². The summed E-state index contributed by atoms with van der Waals surface area (Å²) in [5.41, 5.74) is 0. The molecular formula is C7H5ClF2O. The van der Waals surface area contributed by atoms with Crippen LogP contribution >= 0.6 is 11.6 Å². The Balaban J connectivity index is 3.25. The van der Waals surface area contributed by atoms with Crippen molar-refractivity contribution in [2.75, 3.05) is 7.11 Å². The van der Waals surface area contributed by atoms with Gasteiger partial charge in [0.05, 0.1) is 7.11 Å². The van der Waals surface area contributed by atoms with Gasteiger partial charge in [0.15, 0.2) is 17.4 Å². The zero-order chi connectivity index (χ0) is 8.43. The first-order valence-electron chi connectivity index (χ1n) is 2.83. The Kier molecular flexibility index (Phi) is 2.29. The predicted molar refractivity (Wildman–Crippen MR) is 37.9 cm³/mol. The molecule has 0 aliphatic heterocycles. The number of hydrogen-bond donors (Lipinski definition) is 0. The minimum atomic E-state index is -0.794. The van der Waals surface area contributed by atoms with Crippen LogP contribution in [-0.2, 0) is 0 Å². The summed E-state index contributed by atoms with van der Waals surface area (Å²) in [5, 5.41) is 0.0146. The standard InChI is InChI=1S/C7H5ClF2O/c1-11-7-5(9)2-4(8)3-6(7)10/h2-3H,1H3. The molecule has 0 fully saturated rings. The highest BCUT2D eigenvalue weighted by atomic mass is 35.5. The largest absolute Gasteiger partial charge is 0.491 e. The average molecular weight is 179 g/mol. The van der Waals surface area contributed by atoms with Gasteiger partial charge in [-0.05, 0) is 12.1 Å². The third-order valence-corrected chi connectivity index (χ3v) is 1.39. The van der Waals surface area contributed by atoms with Gasteiger partial charge in [0.2, 0.25) is 0 Å². The van der Waals surface area contributed by atoms with Gasteiger partial charge in [0.1, 0.15) is 0 Å². The number of ether oxygens (including phenoxy) is 1. The summed E-state index contributed by atoms with van der Waals surface area (Å²) in [6.07, 6.45) is 0. The summed E-state index contributed by atoms with van der Waals surface area (Å²) in [5.74, 6) is -2.00. The van der Waals surface area contributed by atoms with E-state index in [-0.39, 0.29) is 5.02 Å². The smallest absolute Gasteiger partial charge is 0.190 e. The summed E-state index contributed by atoms with van der Waals surface area (Å²) in [6, 6.07) is 1.98. The van der Waals surface area contributed by atoms with E-state index >= 15 is 0 Å². The second-order valence-corrected chi connectivity index (χ2v) is 2.34. The Morgan fingerprint density at radius 1 is 1.27 bits per heavy atom. The molecule has 0 bridgehead atoms. The summed E-state index contributed by atoms with van der Waals surface area (Å²) >= 11 is 5.34. The van der Waals surface area contributed by atoms with Gasteiger partial charge >= 0.3 is 0 Å². The molecule has 1 aromatic carbocycles. The number of hydrogen-bond acceptors (Lipinski definition) is 1. The Bertz CT molecular complexity index is 252. The van der Waals surface area contributed by atoms with Crippen LogP contribution in [0.2, 0.25) is 5.02 Å². The van der Waals surface area contributed by atoms with Crippen molar-refractivity contribution in [3.63, 3.8) is 0 Å². The minimum absolute atomic E-state index is 0.0146. The van der Waals surface area contributed by atoms with E-state index in [9.17, 15) is 8.78 Å². The third kappa shape index (κ3) is 1.60. The molecule has 60 valence electrons. The molecule has 0 aliphatic carbocycles. The van der Waals surface area contributed by atoms with Crippen LogP contribution in [0.25, 0.3) is 0 Å². The quantitative estimate of drug-likeness (QED) is 0.643. The van der Waals surface area contributed by atoms with Gasteiger partial charge in [-0.1, -0.05) is 11.6 Å². The molecule has 0 radical (unpaired) electrons. The molecule has 0 saturated carbocycles. The number of methoxy groups -OCH3 is 1. The van der Waals surface area contributed by atoms with Crippen molar-refractivity contribution < 1.29 is 13.5 Å². The molecule has 0 heterocycles. The zero-order valence-corrected chi connectivity index (χ0v) is 6.45. The predicted octanol–water partition coefficient (Wildman–Crippen LogP) is 2.63. The number of halogens is 3. The topological polar surface area (TPSA) is 9.23 Å². The molecule has 0 unspecified atom stereocenters. The molecule has 0 aromatic heterocycles. The van der Waals surface area contributed by atoms with Crippen molar-refractivity contribution in [1.29, 1.82) is 0 Å². The lowest BCUT2D eigenvalue weighted by atomic mass is 10.3. The highest BCUT2D eigenvalue weighted by Crippen LogP contribution is 2.24. The fraction of sp³-hybridized carbons (Fsp3) is 0.143. The molecule has 1 rings (SSSR count). The second kappa shape index (κ2) is 3.05. The summed E-state index contributed by atoms with van der Waals surface area (Å²) in [6.45, 7) is 0. The van der Waals surface area contributed by atoms with Crippen LogP contribution in [0, 0.1) is 11.6 Å². The number of benzene rings is 1. The lowest BCUT2D eigenvalue weighted by Crippen LogP contribution is -1.91. The molecule has 1 aromatic rings. The van der Waals surface area contributed by atoms with Crippen molar-refractivity contribution in [2.24, 2.45) is 0 Å². The van der Waals surface area contributed by atoms with Crippen LogP contribution in [0.3, 0.4) is 0 Å². The van der Waals surface area contributed by atoms with Gasteiger partial charge in [0, 0.05) is 5.02 Å². The highest BCUT2D eigenvalue weighted by molar-refractivity contribution is 6.30. The van der Waals surface area contributed by atoms with Crippen molar-refractivity contribution in [3.8, 4) is 5.75 Å². The molecule has 0 aliphatic rings.